The maximum absolute atomic E-state index is 6.43. The first-order valence-electron chi connectivity index (χ1n) is 6.87. The number of hydrogen-bond donors (Lipinski definition) is 1. The van der Waals surface area contributed by atoms with Gasteiger partial charge in [-0.05, 0) is 32.0 Å². The molecule has 2 aromatic heterocycles. The lowest BCUT2D eigenvalue weighted by atomic mass is 10.0. The zero-order valence-electron chi connectivity index (χ0n) is 12.4. The lowest BCUT2D eigenvalue weighted by Gasteiger charge is -2.18. The Kier molecular flexibility index (Phi) is 4.78. The Bertz CT molecular complexity index is 592. The minimum atomic E-state index is 0.182. The van der Waals surface area contributed by atoms with E-state index in [9.17, 15) is 0 Å². The van der Waals surface area contributed by atoms with Crippen molar-refractivity contribution < 1.29 is 0 Å². The fourth-order valence-electron chi connectivity index (χ4n) is 2.47. The van der Waals surface area contributed by atoms with E-state index in [1.165, 1.54) is 5.56 Å². The van der Waals surface area contributed by atoms with Gasteiger partial charge >= 0.3 is 0 Å². The van der Waals surface area contributed by atoms with E-state index in [2.05, 4.69) is 28.4 Å². The molecular weight excluding hydrogens is 272 g/mol. The molecule has 5 heteroatoms. The maximum atomic E-state index is 6.43. The van der Waals surface area contributed by atoms with Gasteiger partial charge in [-0.15, -0.1) is 0 Å². The van der Waals surface area contributed by atoms with Gasteiger partial charge in [-0.1, -0.05) is 24.6 Å². The van der Waals surface area contributed by atoms with Crippen LogP contribution in [-0.4, -0.2) is 21.8 Å². The van der Waals surface area contributed by atoms with Gasteiger partial charge in [-0.2, -0.15) is 5.10 Å². The van der Waals surface area contributed by atoms with Gasteiger partial charge in [-0.3, -0.25) is 9.67 Å². The Labute approximate surface area is 125 Å². The zero-order chi connectivity index (χ0) is 14.7. The van der Waals surface area contributed by atoms with Crippen LogP contribution in [0.15, 0.2) is 18.3 Å². The van der Waals surface area contributed by atoms with Crippen LogP contribution in [0.4, 0.5) is 0 Å². The van der Waals surface area contributed by atoms with Crippen molar-refractivity contribution in [1.29, 1.82) is 0 Å². The summed E-state index contributed by atoms with van der Waals surface area (Å²) >= 11 is 6.43. The number of hydrogen-bond acceptors (Lipinski definition) is 3. The molecule has 0 spiro atoms. The third kappa shape index (κ3) is 2.86. The largest absolute Gasteiger partial charge is 0.313 e. The number of likely N-dealkylation sites (N-methyl/N-ethyl adjacent to an activating group) is 1. The molecule has 0 aromatic carbocycles. The van der Waals surface area contributed by atoms with Gasteiger partial charge in [0.15, 0.2) is 0 Å². The highest BCUT2D eigenvalue weighted by Gasteiger charge is 2.19. The Morgan fingerprint density at radius 2 is 2.20 bits per heavy atom. The van der Waals surface area contributed by atoms with E-state index >= 15 is 0 Å². The SMILES string of the molecule is CCc1nn(C)c(CC(NC)c2cccnc2C)c1Cl. The maximum Gasteiger partial charge on any atom is 0.0850 e. The molecule has 20 heavy (non-hydrogen) atoms. The third-order valence-corrected chi connectivity index (χ3v) is 4.11. The molecule has 2 aromatic rings. The third-order valence-electron chi connectivity index (χ3n) is 3.67. The summed E-state index contributed by atoms with van der Waals surface area (Å²) in [6.45, 7) is 4.10. The highest BCUT2D eigenvalue weighted by atomic mass is 35.5. The molecule has 0 aliphatic carbocycles. The van der Waals surface area contributed by atoms with Gasteiger partial charge in [0.25, 0.3) is 0 Å². The second kappa shape index (κ2) is 6.37. The minimum Gasteiger partial charge on any atom is -0.313 e. The molecule has 1 N–H and O–H groups in total. The smallest absolute Gasteiger partial charge is 0.0850 e. The van der Waals surface area contributed by atoms with Gasteiger partial charge in [0.2, 0.25) is 0 Å². The number of nitrogens with one attached hydrogen (secondary N) is 1. The van der Waals surface area contributed by atoms with Crippen LogP contribution in [0.5, 0.6) is 0 Å². The molecule has 0 radical (unpaired) electrons. The standard InChI is InChI=1S/C15H21ClN4/c1-5-12-15(16)14(20(4)19-12)9-13(17-3)11-7-6-8-18-10(11)2/h6-8,13,17H,5,9H2,1-4H3. The molecule has 2 rings (SSSR count). The molecule has 0 aliphatic rings. The Morgan fingerprint density at radius 1 is 1.45 bits per heavy atom. The summed E-state index contributed by atoms with van der Waals surface area (Å²) in [5.74, 6) is 0. The molecule has 0 amide bonds. The summed E-state index contributed by atoms with van der Waals surface area (Å²) < 4.78 is 1.89. The summed E-state index contributed by atoms with van der Waals surface area (Å²) in [6, 6.07) is 4.25. The molecule has 4 nitrogen and oxygen atoms in total. The van der Waals surface area contributed by atoms with E-state index in [0.29, 0.717) is 0 Å². The van der Waals surface area contributed by atoms with E-state index in [1.54, 1.807) is 0 Å². The van der Waals surface area contributed by atoms with Crippen LogP contribution < -0.4 is 5.32 Å². The number of aromatic nitrogens is 3. The average molecular weight is 293 g/mol. The summed E-state index contributed by atoms with van der Waals surface area (Å²) in [5, 5.41) is 8.61. The average Bonchev–Trinajstić information content (AvgIpc) is 2.72. The molecule has 1 unspecified atom stereocenters. The van der Waals surface area contributed by atoms with Crippen molar-refractivity contribution in [2.24, 2.45) is 7.05 Å². The molecule has 0 fully saturated rings. The lowest BCUT2D eigenvalue weighted by molar-refractivity contribution is 0.556. The second-order valence-electron chi connectivity index (χ2n) is 4.91. The zero-order valence-corrected chi connectivity index (χ0v) is 13.2. The first-order valence-corrected chi connectivity index (χ1v) is 7.25. The number of aryl methyl sites for hydroxylation is 3. The number of pyridine rings is 1. The normalized spacial score (nSPS) is 12.7. The fourth-order valence-corrected chi connectivity index (χ4v) is 2.84. The predicted octanol–water partition coefficient (Wildman–Crippen LogP) is 2.84. The van der Waals surface area contributed by atoms with Crippen molar-refractivity contribution in [2.75, 3.05) is 7.05 Å². The molecule has 0 saturated carbocycles. The van der Waals surface area contributed by atoms with Crippen molar-refractivity contribution in [3.05, 3.63) is 46.0 Å². The van der Waals surface area contributed by atoms with Crippen LogP contribution in [0, 0.1) is 6.92 Å². The van der Waals surface area contributed by atoms with Crippen LogP contribution in [-0.2, 0) is 19.9 Å². The van der Waals surface area contributed by atoms with E-state index in [0.717, 1.165) is 34.9 Å². The Hall–Kier alpha value is -1.39. The van der Waals surface area contributed by atoms with Gasteiger partial charge in [-0.25, -0.2) is 0 Å². The monoisotopic (exact) mass is 292 g/mol. The topological polar surface area (TPSA) is 42.7 Å². The van der Waals surface area contributed by atoms with Crippen molar-refractivity contribution in [1.82, 2.24) is 20.1 Å². The first-order chi connectivity index (χ1) is 9.58. The molecule has 0 aliphatic heterocycles. The first kappa shape index (κ1) is 15.0. The van der Waals surface area contributed by atoms with Crippen LogP contribution in [0.2, 0.25) is 5.02 Å². The number of nitrogens with zero attached hydrogens (tertiary/aromatic N) is 3. The molecule has 2 heterocycles. The van der Waals surface area contributed by atoms with E-state index in [-0.39, 0.29) is 6.04 Å². The summed E-state index contributed by atoms with van der Waals surface area (Å²) in [6.07, 6.45) is 3.46. The van der Waals surface area contributed by atoms with E-state index in [4.69, 9.17) is 11.6 Å². The molecule has 108 valence electrons. The Balaban J connectivity index is 2.32. The van der Waals surface area contributed by atoms with E-state index in [1.807, 2.05) is 38.0 Å². The second-order valence-corrected chi connectivity index (χ2v) is 5.29. The lowest BCUT2D eigenvalue weighted by Crippen LogP contribution is -2.21. The molecule has 0 bridgehead atoms. The van der Waals surface area contributed by atoms with Crippen LogP contribution in [0.1, 0.15) is 35.6 Å². The van der Waals surface area contributed by atoms with Crippen molar-refractivity contribution in [2.45, 2.75) is 32.7 Å². The van der Waals surface area contributed by atoms with Gasteiger partial charge in [0.1, 0.15) is 0 Å². The summed E-state index contributed by atoms with van der Waals surface area (Å²) in [7, 11) is 3.91. The van der Waals surface area contributed by atoms with Crippen LogP contribution in [0.25, 0.3) is 0 Å². The van der Waals surface area contributed by atoms with Crippen molar-refractivity contribution >= 4 is 11.6 Å². The Morgan fingerprint density at radius 3 is 2.75 bits per heavy atom. The van der Waals surface area contributed by atoms with Crippen molar-refractivity contribution in [3.63, 3.8) is 0 Å². The van der Waals surface area contributed by atoms with Gasteiger partial charge < -0.3 is 5.32 Å². The highest BCUT2D eigenvalue weighted by molar-refractivity contribution is 6.31. The van der Waals surface area contributed by atoms with Crippen LogP contribution >= 0.6 is 11.6 Å². The number of rotatable bonds is 5. The summed E-state index contributed by atoms with van der Waals surface area (Å²) in [4.78, 5) is 4.36. The van der Waals surface area contributed by atoms with E-state index < -0.39 is 0 Å². The van der Waals surface area contributed by atoms with Gasteiger partial charge in [0, 0.05) is 31.4 Å². The molecule has 1 atom stereocenters. The predicted molar refractivity (Wildman–Crippen MR) is 82.1 cm³/mol. The number of halogens is 1. The van der Waals surface area contributed by atoms with Crippen molar-refractivity contribution in [3.8, 4) is 0 Å². The summed E-state index contributed by atoms with van der Waals surface area (Å²) in [5.41, 5.74) is 4.26. The highest BCUT2D eigenvalue weighted by Crippen LogP contribution is 2.27. The minimum absolute atomic E-state index is 0.182. The molecular formula is C15H21ClN4. The quantitative estimate of drug-likeness (QED) is 0.921. The fraction of sp³-hybridized carbons (Fsp3) is 0.467. The van der Waals surface area contributed by atoms with Crippen LogP contribution in [0.3, 0.4) is 0 Å². The van der Waals surface area contributed by atoms with Gasteiger partial charge in [0.05, 0.1) is 16.4 Å². The molecule has 0 saturated heterocycles.